The average molecular weight is 276 g/mol. The molecule has 3 rings (SSSR count). The lowest BCUT2D eigenvalue weighted by molar-refractivity contribution is 0.171. The van der Waals surface area contributed by atoms with E-state index in [2.05, 4.69) is 11.0 Å². The van der Waals surface area contributed by atoms with Gasteiger partial charge in [-0.15, -0.1) is 0 Å². The van der Waals surface area contributed by atoms with Crippen LogP contribution in [0.1, 0.15) is 37.3 Å². The fraction of sp³-hybridized carbons (Fsp3) is 0.625. The number of benzene rings is 1. The predicted octanol–water partition coefficient (Wildman–Crippen LogP) is 2.33. The van der Waals surface area contributed by atoms with Gasteiger partial charge in [-0.25, -0.2) is 0 Å². The highest BCUT2D eigenvalue weighted by atomic mass is 16.6. The van der Waals surface area contributed by atoms with E-state index in [-0.39, 0.29) is 6.04 Å². The Morgan fingerprint density at radius 2 is 1.70 bits per heavy atom. The molecule has 110 valence electrons. The van der Waals surface area contributed by atoms with E-state index in [0.717, 1.165) is 23.6 Å². The predicted molar refractivity (Wildman–Crippen MR) is 79.3 cm³/mol. The molecule has 2 aliphatic heterocycles. The molecule has 1 fully saturated rings. The summed E-state index contributed by atoms with van der Waals surface area (Å²) in [5, 5.41) is 0. The Balaban J connectivity index is 1.65. The van der Waals surface area contributed by atoms with Gasteiger partial charge < -0.3 is 20.1 Å². The molecule has 0 amide bonds. The minimum Gasteiger partial charge on any atom is -0.486 e. The lowest BCUT2D eigenvalue weighted by Gasteiger charge is -2.25. The van der Waals surface area contributed by atoms with Crippen molar-refractivity contribution in [3.63, 3.8) is 0 Å². The van der Waals surface area contributed by atoms with Crippen LogP contribution in [0.2, 0.25) is 0 Å². The van der Waals surface area contributed by atoms with E-state index in [1.54, 1.807) is 0 Å². The second-order valence-electron chi connectivity index (χ2n) is 5.72. The topological polar surface area (TPSA) is 47.7 Å². The Morgan fingerprint density at radius 3 is 2.45 bits per heavy atom. The Labute approximate surface area is 120 Å². The summed E-state index contributed by atoms with van der Waals surface area (Å²) < 4.78 is 11.2. The Hall–Kier alpha value is -1.26. The molecule has 0 aromatic heterocycles. The summed E-state index contributed by atoms with van der Waals surface area (Å²) in [6.07, 6.45) is 5.31. The quantitative estimate of drug-likeness (QED) is 0.920. The number of fused-ring (bicyclic) bond motifs is 1. The average Bonchev–Trinajstić information content (AvgIpc) is 2.75. The summed E-state index contributed by atoms with van der Waals surface area (Å²) in [6, 6.07) is 6.13. The molecule has 1 aromatic rings. The lowest BCUT2D eigenvalue weighted by atomic mass is 10.1. The van der Waals surface area contributed by atoms with Crippen LogP contribution in [-0.4, -0.2) is 37.7 Å². The molecule has 4 nitrogen and oxygen atoms in total. The molecule has 0 radical (unpaired) electrons. The van der Waals surface area contributed by atoms with Crippen LogP contribution in [0.3, 0.4) is 0 Å². The number of hydrogen-bond donors (Lipinski definition) is 1. The Kier molecular flexibility index (Phi) is 4.43. The molecule has 0 bridgehead atoms. The van der Waals surface area contributed by atoms with E-state index in [1.165, 1.54) is 38.8 Å². The third kappa shape index (κ3) is 3.25. The molecule has 1 atom stereocenters. The van der Waals surface area contributed by atoms with Gasteiger partial charge in [-0.05, 0) is 43.6 Å². The van der Waals surface area contributed by atoms with Crippen molar-refractivity contribution in [3.05, 3.63) is 23.8 Å². The molecule has 1 aromatic carbocycles. The fourth-order valence-electron chi connectivity index (χ4n) is 2.99. The van der Waals surface area contributed by atoms with E-state index < -0.39 is 0 Å². The second-order valence-corrected chi connectivity index (χ2v) is 5.72. The first-order valence-corrected chi connectivity index (χ1v) is 7.70. The molecule has 0 saturated carbocycles. The minimum absolute atomic E-state index is 0.0453. The first kappa shape index (κ1) is 13.7. The van der Waals surface area contributed by atoms with Crippen molar-refractivity contribution in [1.29, 1.82) is 0 Å². The third-order valence-corrected chi connectivity index (χ3v) is 4.15. The number of nitrogens with two attached hydrogens (primary N) is 1. The smallest absolute Gasteiger partial charge is 0.161 e. The van der Waals surface area contributed by atoms with Crippen molar-refractivity contribution in [3.8, 4) is 11.5 Å². The van der Waals surface area contributed by atoms with E-state index in [9.17, 15) is 0 Å². The summed E-state index contributed by atoms with van der Waals surface area (Å²) in [4.78, 5) is 2.49. The van der Waals surface area contributed by atoms with Crippen LogP contribution in [0.5, 0.6) is 11.5 Å². The van der Waals surface area contributed by atoms with Crippen molar-refractivity contribution < 1.29 is 9.47 Å². The van der Waals surface area contributed by atoms with Gasteiger partial charge >= 0.3 is 0 Å². The molecule has 2 N–H and O–H groups in total. The number of nitrogens with zero attached hydrogens (tertiary/aromatic N) is 1. The van der Waals surface area contributed by atoms with Crippen molar-refractivity contribution in [1.82, 2.24) is 4.90 Å². The normalized spacial score (nSPS) is 21.2. The number of ether oxygens (including phenoxy) is 2. The Bertz CT molecular complexity index is 442. The van der Waals surface area contributed by atoms with Gasteiger partial charge in [0.2, 0.25) is 0 Å². The highest BCUT2D eigenvalue weighted by Gasteiger charge is 2.17. The molecule has 1 unspecified atom stereocenters. The van der Waals surface area contributed by atoms with Crippen LogP contribution >= 0.6 is 0 Å². The highest BCUT2D eigenvalue weighted by Crippen LogP contribution is 2.32. The molecule has 0 aliphatic carbocycles. The van der Waals surface area contributed by atoms with E-state index in [4.69, 9.17) is 15.2 Å². The second kappa shape index (κ2) is 6.46. The summed E-state index contributed by atoms with van der Waals surface area (Å²) in [5.74, 6) is 1.67. The summed E-state index contributed by atoms with van der Waals surface area (Å²) >= 11 is 0. The summed E-state index contributed by atoms with van der Waals surface area (Å²) in [7, 11) is 0. The standard InChI is InChI=1S/C16H24N2O2/c17-14(12-18-7-3-1-2-4-8-18)13-5-6-15-16(11-13)20-10-9-19-15/h5-6,11,14H,1-4,7-10,12,17H2. The lowest BCUT2D eigenvalue weighted by Crippen LogP contribution is -2.33. The molecular weight excluding hydrogens is 252 g/mol. The largest absolute Gasteiger partial charge is 0.486 e. The summed E-state index contributed by atoms with van der Waals surface area (Å²) in [5.41, 5.74) is 7.51. The number of likely N-dealkylation sites (tertiary alicyclic amines) is 1. The van der Waals surface area contributed by atoms with E-state index in [0.29, 0.717) is 13.2 Å². The maximum absolute atomic E-state index is 6.37. The van der Waals surface area contributed by atoms with E-state index >= 15 is 0 Å². The van der Waals surface area contributed by atoms with Gasteiger partial charge in [0.25, 0.3) is 0 Å². The van der Waals surface area contributed by atoms with Gasteiger partial charge in [-0.1, -0.05) is 18.9 Å². The monoisotopic (exact) mass is 276 g/mol. The van der Waals surface area contributed by atoms with Crippen LogP contribution < -0.4 is 15.2 Å². The van der Waals surface area contributed by atoms with Crippen molar-refractivity contribution in [2.45, 2.75) is 31.7 Å². The van der Waals surface area contributed by atoms with Crippen molar-refractivity contribution in [2.75, 3.05) is 32.8 Å². The van der Waals surface area contributed by atoms with E-state index in [1.807, 2.05) is 12.1 Å². The fourth-order valence-corrected chi connectivity index (χ4v) is 2.99. The SMILES string of the molecule is NC(CN1CCCCCC1)c1ccc2c(c1)OCCO2. The van der Waals surface area contributed by atoms with Gasteiger partial charge in [0, 0.05) is 12.6 Å². The van der Waals surface area contributed by atoms with Crippen LogP contribution in [-0.2, 0) is 0 Å². The molecule has 20 heavy (non-hydrogen) atoms. The zero-order valence-corrected chi connectivity index (χ0v) is 12.0. The number of rotatable bonds is 3. The third-order valence-electron chi connectivity index (χ3n) is 4.15. The maximum atomic E-state index is 6.37. The highest BCUT2D eigenvalue weighted by molar-refractivity contribution is 5.44. The van der Waals surface area contributed by atoms with Crippen LogP contribution in [0.15, 0.2) is 18.2 Å². The zero-order chi connectivity index (χ0) is 13.8. The van der Waals surface area contributed by atoms with Crippen LogP contribution in [0.25, 0.3) is 0 Å². The maximum Gasteiger partial charge on any atom is 0.161 e. The zero-order valence-electron chi connectivity index (χ0n) is 12.0. The van der Waals surface area contributed by atoms with Gasteiger partial charge in [0.1, 0.15) is 13.2 Å². The molecular formula is C16H24N2O2. The van der Waals surface area contributed by atoms with Gasteiger partial charge in [-0.3, -0.25) is 0 Å². The molecule has 0 spiro atoms. The van der Waals surface area contributed by atoms with Crippen LogP contribution in [0, 0.1) is 0 Å². The van der Waals surface area contributed by atoms with Gasteiger partial charge in [0.05, 0.1) is 0 Å². The molecule has 2 aliphatic rings. The Morgan fingerprint density at radius 1 is 1.00 bits per heavy atom. The van der Waals surface area contributed by atoms with Crippen molar-refractivity contribution in [2.24, 2.45) is 5.73 Å². The molecule has 1 saturated heterocycles. The first-order valence-electron chi connectivity index (χ1n) is 7.70. The minimum atomic E-state index is 0.0453. The van der Waals surface area contributed by atoms with Crippen LogP contribution in [0.4, 0.5) is 0 Å². The summed E-state index contributed by atoms with van der Waals surface area (Å²) in [6.45, 7) is 4.54. The van der Waals surface area contributed by atoms with Crippen molar-refractivity contribution >= 4 is 0 Å². The molecule has 4 heteroatoms. The first-order chi connectivity index (χ1) is 9.83. The van der Waals surface area contributed by atoms with Gasteiger partial charge in [-0.2, -0.15) is 0 Å². The molecule has 2 heterocycles. The number of hydrogen-bond acceptors (Lipinski definition) is 4. The van der Waals surface area contributed by atoms with Gasteiger partial charge in [0.15, 0.2) is 11.5 Å².